The van der Waals surface area contributed by atoms with E-state index in [9.17, 15) is 0 Å². The van der Waals surface area contributed by atoms with Crippen molar-refractivity contribution < 1.29 is 0 Å². The molecule has 4 heteroatoms. The second kappa shape index (κ2) is 5.37. The zero-order valence-electron chi connectivity index (χ0n) is 9.85. The van der Waals surface area contributed by atoms with Crippen molar-refractivity contribution in [2.75, 3.05) is 0 Å². The van der Waals surface area contributed by atoms with Crippen LogP contribution >= 0.6 is 23.2 Å². The number of hydrogen-bond acceptors (Lipinski definition) is 2. The van der Waals surface area contributed by atoms with Crippen LogP contribution < -0.4 is 11.3 Å². The van der Waals surface area contributed by atoms with Crippen molar-refractivity contribution in [3.63, 3.8) is 0 Å². The summed E-state index contributed by atoms with van der Waals surface area (Å²) in [5.74, 6) is 5.57. The van der Waals surface area contributed by atoms with E-state index in [1.165, 1.54) is 0 Å². The van der Waals surface area contributed by atoms with Crippen LogP contribution in [0.25, 0.3) is 0 Å². The van der Waals surface area contributed by atoms with Gasteiger partial charge in [0.2, 0.25) is 0 Å². The monoisotopic (exact) mass is 260 g/mol. The van der Waals surface area contributed by atoms with Crippen molar-refractivity contribution in [3.05, 3.63) is 33.8 Å². The highest BCUT2D eigenvalue weighted by Crippen LogP contribution is 2.29. The molecule has 2 nitrogen and oxygen atoms in total. The van der Waals surface area contributed by atoms with E-state index in [-0.39, 0.29) is 11.5 Å². The SMILES string of the molecule is CC(C)(C)C(Cc1c(Cl)cccc1Cl)NN. The molecule has 0 fully saturated rings. The molecule has 0 heterocycles. The third-order valence-electron chi connectivity index (χ3n) is 2.72. The molecule has 16 heavy (non-hydrogen) atoms. The van der Waals surface area contributed by atoms with Gasteiger partial charge in [0, 0.05) is 16.1 Å². The summed E-state index contributed by atoms with van der Waals surface area (Å²) >= 11 is 12.3. The van der Waals surface area contributed by atoms with Gasteiger partial charge >= 0.3 is 0 Å². The first-order valence-electron chi connectivity index (χ1n) is 5.25. The van der Waals surface area contributed by atoms with Crippen molar-refractivity contribution in [3.8, 4) is 0 Å². The molecule has 0 bridgehead atoms. The van der Waals surface area contributed by atoms with E-state index in [1.807, 2.05) is 18.2 Å². The largest absolute Gasteiger partial charge is 0.271 e. The Morgan fingerprint density at radius 2 is 1.75 bits per heavy atom. The second-order valence-electron chi connectivity index (χ2n) is 4.99. The van der Waals surface area contributed by atoms with Gasteiger partial charge in [0.1, 0.15) is 0 Å². The summed E-state index contributed by atoms with van der Waals surface area (Å²) in [6.07, 6.45) is 0.721. The van der Waals surface area contributed by atoms with Gasteiger partial charge in [0.15, 0.2) is 0 Å². The highest BCUT2D eigenvalue weighted by molar-refractivity contribution is 6.36. The molecule has 0 saturated heterocycles. The summed E-state index contributed by atoms with van der Waals surface area (Å²) in [5.41, 5.74) is 3.83. The van der Waals surface area contributed by atoms with Crippen LogP contribution in [0.2, 0.25) is 10.0 Å². The van der Waals surface area contributed by atoms with Gasteiger partial charge in [-0.05, 0) is 29.5 Å². The van der Waals surface area contributed by atoms with Gasteiger partial charge in [0.05, 0.1) is 0 Å². The first kappa shape index (κ1) is 13.8. The molecule has 0 aromatic heterocycles. The lowest BCUT2D eigenvalue weighted by molar-refractivity contribution is 0.269. The maximum atomic E-state index is 6.13. The lowest BCUT2D eigenvalue weighted by atomic mass is 9.83. The van der Waals surface area contributed by atoms with Crippen LogP contribution in [-0.2, 0) is 6.42 Å². The van der Waals surface area contributed by atoms with Crippen molar-refractivity contribution in [1.82, 2.24) is 5.43 Å². The van der Waals surface area contributed by atoms with E-state index in [0.29, 0.717) is 10.0 Å². The molecular weight excluding hydrogens is 243 g/mol. The lowest BCUT2D eigenvalue weighted by Gasteiger charge is -2.30. The quantitative estimate of drug-likeness (QED) is 0.646. The average Bonchev–Trinajstić information content (AvgIpc) is 2.15. The molecule has 1 aromatic carbocycles. The van der Waals surface area contributed by atoms with Gasteiger partial charge in [0.25, 0.3) is 0 Å². The summed E-state index contributed by atoms with van der Waals surface area (Å²) in [5, 5.41) is 1.38. The number of hydrazine groups is 1. The van der Waals surface area contributed by atoms with E-state index < -0.39 is 0 Å². The number of halogens is 2. The van der Waals surface area contributed by atoms with E-state index in [1.54, 1.807) is 0 Å². The summed E-state index contributed by atoms with van der Waals surface area (Å²) < 4.78 is 0. The zero-order valence-corrected chi connectivity index (χ0v) is 11.4. The summed E-state index contributed by atoms with van der Waals surface area (Å²) in [6, 6.07) is 5.67. The normalized spacial score (nSPS) is 13.9. The smallest absolute Gasteiger partial charge is 0.0453 e. The van der Waals surface area contributed by atoms with Gasteiger partial charge in [-0.25, -0.2) is 0 Å². The predicted molar refractivity (Wildman–Crippen MR) is 70.7 cm³/mol. The maximum Gasteiger partial charge on any atom is 0.0453 e. The molecule has 1 atom stereocenters. The fourth-order valence-corrected chi connectivity index (χ4v) is 2.10. The first-order valence-corrected chi connectivity index (χ1v) is 6.01. The predicted octanol–water partition coefficient (Wildman–Crippen LogP) is 3.41. The van der Waals surface area contributed by atoms with Crippen molar-refractivity contribution in [2.24, 2.45) is 11.3 Å². The van der Waals surface area contributed by atoms with Crippen molar-refractivity contribution in [2.45, 2.75) is 33.2 Å². The molecule has 0 aliphatic heterocycles. The minimum Gasteiger partial charge on any atom is -0.271 e. The van der Waals surface area contributed by atoms with E-state index in [2.05, 4.69) is 26.2 Å². The molecule has 1 unspecified atom stereocenters. The Morgan fingerprint density at radius 3 is 2.12 bits per heavy atom. The molecule has 0 spiro atoms. The second-order valence-corrected chi connectivity index (χ2v) is 5.80. The van der Waals surface area contributed by atoms with Gasteiger partial charge in [-0.1, -0.05) is 50.0 Å². The third-order valence-corrected chi connectivity index (χ3v) is 3.42. The molecule has 0 aliphatic carbocycles. The fraction of sp³-hybridized carbons (Fsp3) is 0.500. The van der Waals surface area contributed by atoms with Crippen LogP contribution in [0.4, 0.5) is 0 Å². The average molecular weight is 261 g/mol. The van der Waals surface area contributed by atoms with Gasteiger partial charge in [-0.3, -0.25) is 11.3 Å². The molecule has 0 radical (unpaired) electrons. The van der Waals surface area contributed by atoms with Crippen molar-refractivity contribution in [1.29, 1.82) is 0 Å². The number of nitrogens with one attached hydrogen (secondary N) is 1. The highest BCUT2D eigenvalue weighted by atomic mass is 35.5. The third kappa shape index (κ3) is 3.36. The number of rotatable bonds is 3. The van der Waals surface area contributed by atoms with Crippen LogP contribution in [0.3, 0.4) is 0 Å². The standard InChI is InChI=1S/C12H18Cl2N2/c1-12(2,3)11(16-15)7-8-9(13)5-4-6-10(8)14/h4-6,11,16H,7,15H2,1-3H3. The van der Waals surface area contributed by atoms with E-state index in [0.717, 1.165) is 12.0 Å². The molecule has 0 saturated carbocycles. The number of nitrogens with two attached hydrogens (primary N) is 1. The number of benzene rings is 1. The van der Waals surface area contributed by atoms with E-state index in [4.69, 9.17) is 29.0 Å². The minimum absolute atomic E-state index is 0.0528. The maximum absolute atomic E-state index is 6.13. The molecule has 0 aliphatic rings. The summed E-state index contributed by atoms with van der Waals surface area (Å²) in [4.78, 5) is 0. The van der Waals surface area contributed by atoms with Gasteiger partial charge in [-0.15, -0.1) is 0 Å². The molecular formula is C12H18Cl2N2. The van der Waals surface area contributed by atoms with Crippen LogP contribution in [0.15, 0.2) is 18.2 Å². The Labute approximate surface area is 107 Å². The Kier molecular flexibility index (Phi) is 4.62. The first-order chi connectivity index (χ1) is 7.36. The molecule has 1 rings (SSSR count). The Balaban J connectivity index is 2.95. The van der Waals surface area contributed by atoms with Crippen LogP contribution in [0, 0.1) is 5.41 Å². The molecule has 3 N–H and O–H groups in total. The Hall–Kier alpha value is -0.280. The molecule has 90 valence electrons. The highest BCUT2D eigenvalue weighted by Gasteiger charge is 2.25. The van der Waals surface area contributed by atoms with Gasteiger partial charge < -0.3 is 0 Å². The topological polar surface area (TPSA) is 38.0 Å². The summed E-state index contributed by atoms with van der Waals surface area (Å²) in [6.45, 7) is 6.38. The van der Waals surface area contributed by atoms with Crippen LogP contribution in [-0.4, -0.2) is 6.04 Å². The summed E-state index contributed by atoms with van der Waals surface area (Å²) in [7, 11) is 0. The molecule has 0 amide bonds. The van der Waals surface area contributed by atoms with Gasteiger partial charge in [-0.2, -0.15) is 0 Å². The Morgan fingerprint density at radius 1 is 1.25 bits per heavy atom. The van der Waals surface area contributed by atoms with E-state index >= 15 is 0 Å². The Bertz CT molecular complexity index is 338. The van der Waals surface area contributed by atoms with Crippen LogP contribution in [0.5, 0.6) is 0 Å². The number of hydrogen-bond donors (Lipinski definition) is 2. The van der Waals surface area contributed by atoms with Crippen LogP contribution in [0.1, 0.15) is 26.3 Å². The lowest BCUT2D eigenvalue weighted by Crippen LogP contribution is -2.45. The fourth-order valence-electron chi connectivity index (χ4n) is 1.55. The van der Waals surface area contributed by atoms with Crippen molar-refractivity contribution >= 4 is 23.2 Å². The molecule has 1 aromatic rings. The minimum atomic E-state index is 0.0528. The zero-order chi connectivity index (χ0) is 12.3.